The fourth-order valence-corrected chi connectivity index (χ4v) is 3.45. The fraction of sp³-hybridized carbons (Fsp3) is 0.600. The fourth-order valence-electron chi connectivity index (χ4n) is 3.25. The second-order valence-electron chi connectivity index (χ2n) is 5.48. The summed E-state index contributed by atoms with van der Waals surface area (Å²) < 4.78 is 10.5. The first-order valence-electron chi connectivity index (χ1n) is 7.28. The Labute approximate surface area is 129 Å². The van der Waals surface area contributed by atoms with Gasteiger partial charge in [0.05, 0.1) is 19.6 Å². The van der Waals surface area contributed by atoms with Gasteiger partial charge in [0, 0.05) is 24.7 Å². The van der Waals surface area contributed by atoms with Crippen LogP contribution in [0.25, 0.3) is 0 Å². The average molecular weight is 311 g/mol. The van der Waals surface area contributed by atoms with Gasteiger partial charge in [-0.05, 0) is 31.4 Å². The van der Waals surface area contributed by atoms with Gasteiger partial charge < -0.3 is 9.47 Å². The van der Waals surface area contributed by atoms with Crippen LogP contribution in [0.4, 0.5) is 0 Å². The van der Waals surface area contributed by atoms with Crippen molar-refractivity contribution in [3.8, 4) is 5.88 Å². The lowest BCUT2D eigenvalue weighted by Crippen LogP contribution is -2.51. The minimum absolute atomic E-state index is 0.000235. The normalized spacial score (nSPS) is 21.8. The zero-order valence-corrected chi connectivity index (χ0v) is 13.0. The first kappa shape index (κ1) is 14.6. The SMILES string of the molecule is CCOC(=O)C1CN([C@H]2CCc3cc(Cl)nc(OC)c32)C1. The topological polar surface area (TPSA) is 51.7 Å². The third kappa shape index (κ3) is 2.60. The van der Waals surface area contributed by atoms with Gasteiger partial charge in [0.1, 0.15) is 5.15 Å². The van der Waals surface area contributed by atoms with Crippen molar-refractivity contribution in [1.82, 2.24) is 9.88 Å². The zero-order chi connectivity index (χ0) is 15.0. The van der Waals surface area contributed by atoms with Crippen molar-refractivity contribution in [2.75, 3.05) is 26.8 Å². The Morgan fingerprint density at radius 1 is 1.52 bits per heavy atom. The molecular formula is C15H19ClN2O3. The molecule has 0 saturated carbocycles. The lowest BCUT2D eigenvalue weighted by molar-refractivity contribution is -0.155. The first-order chi connectivity index (χ1) is 10.1. The van der Waals surface area contributed by atoms with E-state index >= 15 is 0 Å². The second kappa shape index (κ2) is 5.81. The minimum atomic E-state index is -0.0897. The number of hydrogen-bond donors (Lipinski definition) is 0. The summed E-state index contributed by atoms with van der Waals surface area (Å²) in [6.07, 6.45) is 1.99. The molecule has 1 saturated heterocycles. The third-order valence-corrected chi connectivity index (χ3v) is 4.46. The summed E-state index contributed by atoms with van der Waals surface area (Å²) in [4.78, 5) is 18.3. The maximum absolute atomic E-state index is 11.7. The summed E-state index contributed by atoms with van der Waals surface area (Å²) in [6.45, 7) is 3.77. The molecule has 0 bridgehead atoms. The van der Waals surface area contributed by atoms with E-state index in [1.54, 1.807) is 7.11 Å². The van der Waals surface area contributed by atoms with E-state index in [1.165, 1.54) is 5.56 Å². The molecular weight excluding hydrogens is 292 g/mol. The van der Waals surface area contributed by atoms with Crippen LogP contribution in [0.1, 0.15) is 30.5 Å². The van der Waals surface area contributed by atoms with Crippen LogP contribution in [0, 0.1) is 5.92 Å². The Morgan fingerprint density at radius 2 is 2.29 bits per heavy atom. The molecule has 1 fully saturated rings. The van der Waals surface area contributed by atoms with E-state index in [1.807, 2.05) is 13.0 Å². The molecule has 1 aliphatic heterocycles. The van der Waals surface area contributed by atoms with Gasteiger partial charge in [0.25, 0.3) is 0 Å². The summed E-state index contributed by atoms with van der Waals surface area (Å²) in [5.41, 5.74) is 2.33. The van der Waals surface area contributed by atoms with Crippen LogP contribution in [0.2, 0.25) is 5.15 Å². The number of ether oxygens (including phenoxy) is 2. The van der Waals surface area contributed by atoms with Gasteiger partial charge in [-0.15, -0.1) is 0 Å². The molecule has 0 spiro atoms. The van der Waals surface area contributed by atoms with Crippen molar-refractivity contribution in [2.45, 2.75) is 25.8 Å². The smallest absolute Gasteiger partial charge is 0.311 e. The van der Waals surface area contributed by atoms with E-state index < -0.39 is 0 Å². The Morgan fingerprint density at radius 3 is 2.95 bits per heavy atom. The number of pyridine rings is 1. The second-order valence-corrected chi connectivity index (χ2v) is 5.87. The number of likely N-dealkylation sites (tertiary alicyclic amines) is 1. The molecule has 0 amide bonds. The highest BCUT2D eigenvalue weighted by atomic mass is 35.5. The van der Waals surface area contributed by atoms with E-state index in [-0.39, 0.29) is 17.9 Å². The molecule has 1 aromatic heterocycles. The van der Waals surface area contributed by atoms with Crippen molar-refractivity contribution in [3.63, 3.8) is 0 Å². The molecule has 2 aliphatic rings. The average Bonchev–Trinajstić information content (AvgIpc) is 2.80. The van der Waals surface area contributed by atoms with Crippen molar-refractivity contribution >= 4 is 17.6 Å². The number of carbonyl (C=O) groups is 1. The predicted octanol–water partition coefficient (Wildman–Crippen LogP) is 2.23. The number of aromatic nitrogens is 1. The van der Waals surface area contributed by atoms with Crippen LogP contribution in [0.15, 0.2) is 6.07 Å². The largest absolute Gasteiger partial charge is 0.481 e. The molecule has 3 rings (SSSR count). The molecule has 0 radical (unpaired) electrons. The molecule has 0 unspecified atom stereocenters. The molecule has 0 N–H and O–H groups in total. The summed E-state index contributed by atoms with van der Waals surface area (Å²) in [5, 5.41) is 0.472. The van der Waals surface area contributed by atoms with E-state index in [4.69, 9.17) is 21.1 Å². The molecule has 1 aromatic rings. The van der Waals surface area contributed by atoms with E-state index in [9.17, 15) is 4.79 Å². The van der Waals surface area contributed by atoms with E-state index in [0.717, 1.165) is 31.5 Å². The Hall–Kier alpha value is -1.33. The molecule has 5 nitrogen and oxygen atoms in total. The van der Waals surface area contributed by atoms with Gasteiger partial charge >= 0.3 is 5.97 Å². The molecule has 21 heavy (non-hydrogen) atoms. The van der Waals surface area contributed by atoms with Crippen LogP contribution in [-0.2, 0) is 16.0 Å². The number of hydrogen-bond acceptors (Lipinski definition) is 5. The van der Waals surface area contributed by atoms with Crippen LogP contribution >= 0.6 is 11.6 Å². The van der Waals surface area contributed by atoms with Gasteiger partial charge in [-0.2, -0.15) is 0 Å². The Balaban J connectivity index is 1.73. The summed E-state index contributed by atoms with van der Waals surface area (Å²) >= 11 is 6.02. The summed E-state index contributed by atoms with van der Waals surface area (Å²) in [7, 11) is 1.62. The van der Waals surface area contributed by atoms with E-state index in [2.05, 4.69) is 9.88 Å². The van der Waals surface area contributed by atoms with Crippen LogP contribution in [0.5, 0.6) is 5.88 Å². The Bertz CT molecular complexity index is 558. The van der Waals surface area contributed by atoms with Crippen LogP contribution in [-0.4, -0.2) is 42.7 Å². The number of nitrogens with zero attached hydrogens (tertiary/aromatic N) is 2. The lowest BCUT2D eigenvalue weighted by Gasteiger charge is -2.42. The van der Waals surface area contributed by atoms with Gasteiger partial charge in [0.15, 0.2) is 0 Å². The van der Waals surface area contributed by atoms with Crippen molar-refractivity contribution < 1.29 is 14.3 Å². The lowest BCUT2D eigenvalue weighted by atomic mass is 9.95. The molecule has 1 atom stereocenters. The highest BCUT2D eigenvalue weighted by molar-refractivity contribution is 6.29. The maximum atomic E-state index is 11.7. The number of esters is 1. The summed E-state index contributed by atoms with van der Waals surface area (Å²) in [6, 6.07) is 2.19. The van der Waals surface area contributed by atoms with Crippen molar-refractivity contribution in [3.05, 3.63) is 22.3 Å². The third-order valence-electron chi connectivity index (χ3n) is 4.26. The minimum Gasteiger partial charge on any atom is -0.481 e. The molecule has 6 heteroatoms. The zero-order valence-electron chi connectivity index (χ0n) is 12.3. The van der Waals surface area contributed by atoms with Gasteiger partial charge in [-0.3, -0.25) is 9.69 Å². The number of rotatable bonds is 4. The number of fused-ring (bicyclic) bond motifs is 1. The first-order valence-corrected chi connectivity index (χ1v) is 7.65. The summed E-state index contributed by atoms with van der Waals surface area (Å²) in [5.74, 6) is 0.521. The van der Waals surface area contributed by atoms with E-state index in [0.29, 0.717) is 17.6 Å². The highest BCUT2D eigenvalue weighted by Crippen LogP contribution is 2.44. The predicted molar refractivity (Wildman–Crippen MR) is 78.6 cm³/mol. The van der Waals surface area contributed by atoms with Gasteiger partial charge in [0.2, 0.25) is 5.88 Å². The molecule has 114 valence electrons. The quantitative estimate of drug-likeness (QED) is 0.630. The van der Waals surface area contributed by atoms with Gasteiger partial charge in [-0.25, -0.2) is 4.98 Å². The number of carbonyl (C=O) groups excluding carboxylic acids is 1. The molecule has 2 heterocycles. The monoisotopic (exact) mass is 310 g/mol. The Kier molecular flexibility index (Phi) is 4.04. The highest BCUT2D eigenvalue weighted by Gasteiger charge is 2.41. The van der Waals surface area contributed by atoms with Crippen LogP contribution < -0.4 is 4.74 Å². The maximum Gasteiger partial charge on any atom is 0.311 e. The van der Waals surface area contributed by atoms with Crippen molar-refractivity contribution in [1.29, 1.82) is 0 Å². The van der Waals surface area contributed by atoms with Gasteiger partial charge in [-0.1, -0.05) is 11.6 Å². The molecule has 1 aliphatic carbocycles. The number of aryl methyl sites for hydroxylation is 1. The van der Waals surface area contributed by atoms with Crippen LogP contribution in [0.3, 0.4) is 0 Å². The number of methoxy groups -OCH3 is 1. The molecule has 0 aromatic carbocycles. The number of halogens is 1. The van der Waals surface area contributed by atoms with Crippen molar-refractivity contribution in [2.24, 2.45) is 5.92 Å². The standard InChI is InChI=1S/C15H19ClN2O3/c1-3-21-15(19)10-7-18(8-10)11-5-4-9-6-12(16)17-14(20-2)13(9)11/h6,10-11H,3-5,7-8H2,1-2H3/t11-/m0/s1.